The van der Waals surface area contributed by atoms with Crippen LogP contribution in [0, 0.1) is 17.6 Å². The quantitative estimate of drug-likeness (QED) is 0.862. The molecule has 0 aromatic heterocycles. The number of carboxylic acids is 1. The summed E-state index contributed by atoms with van der Waals surface area (Å²) in [7, 11) is 0. The second kappa shape index (κ2) is 5.21. The molecule has 0 spiro atoms. The van der Waals surface area contributed by atoms with Gasteiger partial charge >= 0.3 is 12.0 Å². The molecule has 102 valence electrons. The van der Waals surface area contributed by atoms with Gasteiger partial charge in [-0.25, -0.2) is 13.6 Å². The minimum absolute atomic E-state index is 0.116. The van der Waals surface area contributed by atoms with E-state index in [-0.39, 0.29) is 12.2 Å². The number of hydrogen-bond donors (Lipinski definition) is 2. The molecule has 1 unspecified atom stereocenters. The van der Waals surface area contributed by atoms with Gasteiger partial charge in [-0.2, -0.15) is 0 Å². The summed E-state index contributed by atoms with van der Waals surface area (Å²) in [6.45, 7) is 0.442. The number of amides is 2. The Labute approximate surface area is 107 Å². The summed E-state index contributed by atoms with van der Waals surface area (Å²) < 4.78 is 25.7. The Kier molecular flexibility index (Phi) is 3.64. The van der Waals surface area contributed by atoms with Crippen LogP contribution in [0.2, 0.25) is 0 Å². The van der Waals surface area contributed by atoms with Gasteiger partial charge in [-0.3, -0.25) is 4.79 Å². The van der Waals surface area contributed by atoms with Gasteiger partial charge in [0.1, 0.15) is 0 Å². The number of benzene rings is 1. The highest BCUT2D eigenvalue weighted by Gasteiger charge is 2.30. The minimum atomic E-state index is -1.05. The molecule has 1 fully saturated rings. The molecule has 5 nitrogen and oxygen atoms in total. The molecule has 1 aliphatic rings. The third-order valence-corrected chi connectivity index (χ3v) is 3.00. The normalized spacial score (nSPS) is 18.4. The Morgan fingerprint density at radius 3 is 2.63 bits per heavy atom. The standard InChI is InChI=1S/C12H12F2N2O3/c13-9-2-1-8(5-10(9)14)15-12(19)16-4-3-7(6-16)11(17)18/h1-2,5,7H,3-4,6H2,(H,15,19)(H,17,18). The molecule has 0 saturated carbocycles. The van der Waals surface area contributed by atoms with Crippen molar-refractivity contribution in [1.29, 1.82) is 0 Å². The summed E-state index contributed by atoms with van der Waals surface area (Å²) in [5.41, 5.74) is 0.127. The van der Waals surface area contributed by atoms with E-state index in [0.717, 1.165) is 12.1 Å². The fourth-order valence-electron chi connectivity index (χ4n) is 1.92. The Balaban J connectivity index is 1.98. The Bertz CT molecular complexity index is 522. The summed E-state index contributed by atoms with van der Waals surface area (Å²) in [5.74, 6) is -3.56. The third kappa shape index (κ3) is 2.98. The monoisotopic (exact) mass is 270 g/mol. The molecule has 1 aliphatic heterocycles. The number of aliphatic carboxylic acids is 1. The summed E-state index contributed by atoms with van der Waals surface area (Å²) in [6, 6.07) is 2.50. The Hall–Kier alpha value is -2.18. The molecule has 2 N–H and O–H groups in total. The van der Waals surface area contributed by atoms with Crippen molar-refractivity contribution in [2.45, 2.75) is 6.42 Å². The third-order valence-electron chi connectivity index (χ3n) is 3.00. The number of urea groups is 1. The van der Waals surface area contributed by atoms with E-state index < -0.39 is 29.6 Å². The first kappa shape index (κ1) is 13.3. The molecule has 0 bridgehead atoms. The van der Waals surface area contributed by atoms with Crippen LogP contribution in [0.15, 0.2) is 18.2 Å². The summed E-state index contributed by atoms with van der Waals surface area (Å²) >= 11 is 0. The predicted octanol–water partition coefficient (Wildman–Crippen LogP) is 1.90. The van der Waals surface area contributed by atoms with E-state index in [1.165, 1.54) is 11.0 Å². The van der Waals surface area contributed by atoms with Gasteiger partial charge in [-0.05, 0) is 18.6 Å². The first-order valence-electron chi connectivity index (χ1n) is 5.71. The lowest BCUT2D eigenvalue weighted by Gasteiger charge is -2.16. The van der Waals surface area contributed by atoms with Gasteiger partial charge in [0.15, 0.2) is 11.6 Å². The zero-order valence-corrected chi connectivity index (χ0v) is 9.90. The second-order valence-electron chi connectivity index (χ2n) is 4.33. The molecule has 7 heteroatoms. The van der Waals surface area contributed by atoms with Crippen LogP contribution < -0.4 is 5.32 Å². The topological polar surface area (TPSA) is 69.6 Å². The van der Waals surface area contributed by atoms with E-state index in [2.05, 4.69) is 5.32 Å². The van der Waals surface area contributed by atoms with E-state index >= 15 is 0 Å². The summed E-state index contributed by atoms with van der Waals surface area (Å²) in [5, 5.41) is 11.2. The van der Waals surface area contributed by atoms with Crippen molar-refractivity contribution in [3.05, 3.63) is 29.8 Å². The lowest BCUT2D eigenvalue weighted by molar-refractivity contribution is -0.141. The van der Waals surface area contributed by atoms with Gasteiger partial charge in [0.2, 0.25) is 0 Å². The van der Waals surface area contributed by atoms with Gasteiger partial charge in [-0.15, -0.1) is 0 Å². The van der Waals surface area contributed by atoms with Crippen LogP contribution in [-0.4, -0.2) is 35.1 Å². The van der Waals surface area contributed by atoms with Crippen molar-refractivity contribution >= 4 is 17.7 Å². The smallest absolute Gasteiger partial charge is 0.321 e. The van der Waals surface area contributed by atoms with Crippen LogP contribution in [-0.2, 0) is 4.79 Å². The molecule has 0 aliphatic carbocycles. The number of hydrogen-bond acceptors (Lipinski definition) is 2. The van der Waals surface area contributed by atoms with Crippen LogP contribution in [0.3, 0.4) is 0 Å². The average Bonchev–Trinajstić information content (AvgIpc) is 2.83. The zero-order valence-electron chi connectivity index (χ0n) is 9.90. The van der Waals surface area contributed by atoms with Crippen molar-refractivity contribution < 1.29 is 23.5 Å². The van der Waals surface area contributed by atoms with Gasteiger partial charge in [0.05, 0.1) is 5.92 Å². The lowest BCUT2D eigenvalue weighted by Crippen LogP contribution is -2.33. The molecule has 1 aromatic rings. The highest BCUT2D eigenvalue weighted by atomic mass is 19.2. The lowest BCUT2D eigenvalue weighted by atomic mass is 10.1. The first-order chi connectivity index (χ1) is 8.97. The van der Waals surface area contributed by atoms with Gasteiger partial charge in [0, 0.05) is 24.8 Å². The highest BCUT2D eigenvalue weighted by Crippen LogP contribution is 2.18. The first-order valence-corrected chi connectivity index (χ1v) is 5.71. The van der Waals surface area contributed by atoms with Crippen molar-refractivity contribution in [1.82, 2.24) is 4.90 Å². The van der Waals surface area contributed by atoms with Crippen molar-refractivity contribution in [2.75, 3.05) is 18.4 Å². The van der Waals surface area contributed by atoms with Gasteiger partial charge in [-0.1, -0.05) is 0 Å². The Morgan fingerprint density at radius 2 is 2.05 bits per heavy atom. The predicted molar refractivity (Wildman–Crippen MR) is 62.7 cm³/mol. The number of halogens is 2. The highest BCUT2D eigenvalue weighted by molar-refractivity contribution is 5.90. The van der Waals surface area contributed by atoms with Crippen LogP contribution in [0.1, 0.15) is 6.42 Å². The fourth-order valence-corrected chi connectivity index (χ4v) is 1.92. The molecule has 1 heterocycles. The van der Waals surface area contributed by atoms with Crippen molar-refractivity contribution in [3.63, 3.8) is 0 Å². The van der Waals surface area contributed by atoms with Gasteiger partial charge < -0.3 is 15.3 Å². The zero-order chi connectivity index (χ0) is 14.0. The van der Waals surface area contributed by atoms with E-state index in [9.17, 15) is 18.4 Å². The maximum absolute atomic E-state index is 13.0. The number of carbonyl (C=O) groups excluding carboxylic acids is 1. The fraction of sp³-hybridized carbons (Fsp3) is 0.333. The molecule has 0 radical (unpaired) electrons. The molecule has 2 amide bonds. The Morgan fingerprint density at radius 1 is 1.32 bits per heavy atom. The van der Waals surface area contributed by atoms with E-state index in [1.54, 1.807) is 0 Å². The minimum Gasteiger partial charge on any atom is -0.481 e. The number of carboxylic acid groups (broad SMARTS) is 1. The number of nitrogens with zero attached hydrogens (tertiary/aromatic N) is 1. The number of anilines is 1. The number of likely N-dealkylation sites (tertiary alicyclic amines) is 1. The molecule has 1 saturated heterocycles. The van der Waals surface area contributed by atoms with E-state index in [0.29, 0.717) is 13.0 Å². The van der Waals surface area contributed by atoms with Crippen LogP contribution >= 0.6 is 0 Å². The van der Waals surface area contributed by atoms with Crippen LogP contribution in [0.4, 0.5) is 19.3 Å². The van der Waals surface area contributed by atoms with E-state index in [4.69, 9.17) is 5.11 Å². The van der Waals surface area contributed by atoms with Crippen molar-refractivity contribution in [2.24, 2.45) is 5.92 Å². The summed E-state index contributed by atoms with van der Waals surface area (Å²) in [4.78, 5) is 23.9. The van der Waals surface area contributed by atoms with E-state index in [1.807, 2.05) is 0 Å². The van der Waals surface area contributed by atoms with Gasteiger partial charge in [0.25, 0.3) is 0 Å². The number of rotatable bonds is 2. The molecule has 19 heavy (non-hydrogen) atoms. The molecular weight excluding hydrogens is 258 g/mol. The molecule has 1 aromatic carbocycles. The largest absolute Gasteiger partial charge is 0.481 e. The number of carbonyl (C=O) groups is 2. The maximum Gasteiger partial charge on any atom is 0.321 e. The van der Waals surface area contributed by atoms with Crippen LogP contribution in [0.25, 0.3) is 0 Å². The maximum atomic E-state index is 13.0. The summed E-state index contributed by atoms with van der Waals surface area (Å²) in [6.07, 6.45) is 0.389. The molecule has 2 rings (SSSR count). The molecule has 1 atom stereocenters. The average molecular weight is 270 g/mol. The second-order valence-corrected chi connectivity index (χ2v) is 4.33. The molecular formula is C12H12F2N2O3. The number of nitrogens with one attached hydrogen (secondary N) is 1. The van der Waals surface area contributed by atoms with Crippen molar-refractivity contribution in [3.8, 4) is 0 Å². The van der Waals surface area contributed by atoms with Crippen LogP contribution in [0.5, 0.6) is 0 Å². The SMILES string of the molecule is O=C(O)C1CCN(C(=O)Nc2ccc(F)c(F)c2)C1.